The van der Waals surface area contributed by atoms with Gasteiger partial charge in [-0.25, -0.2) is 4.79 Å². The minimum atomic E-state index is -0.618. The van der Waals surface area contributed by atoms with Gasteiger partial charge in [-0.05, 0) is 29.9 Å². The van der Waals surface area contributed by atoms with Gasteiger partial charge in [-0.1, -0.05) is 57.4 Å². The lowest BCUT2D eigenvalue weighted by Crippen LogP contribution is -2.48. The molecule has 0 bridgehead atoms. The lowest BCUT2D eigenvalue weighted by atomic mass is 9.82. The Bertz CT molecular complexity index is 571. The van der Waals surface area contributed by atoms with Crippen molar-refractivity contribution in [1.82, 2.24) is 10.2 Å². The Morgan fingerprint density at radius 3 is 2.32 bits per heavy atom. The van der Waals surface area contributed by atoms with Crippen molar-refractivity contribution in [2.75, 3.05) is 0 Å². The van der Waals surface area contributed by atoms with E-state index in [-0.39, 0.29) is 11.9 Å². The van der Waals surface area contributed by atoms with Gasteiger partial charge in [0, 0.05) is 0 Å². The summed E-state index contributed by atoms with van der Waals surface area (Å²) in [6.07, 6.45) is 4.74. The zero-order chi connectivity index (χ0) is 15.7. The lowest BCUT2D eigenvalue weighted by molar-refractivity contribution is -0.132. The van der Waals surface area contributed by atoms with Crippen LogP contribution in [0.15, 0.2) is 24.3 Å². The minimum Gasteiger partial charge on any atom is -0.323 e. The van der Waals surface area contributed by atoms with Crippen molar-refractivity contribution in [3.63, 3.8) is 0 Å². The maximum Gasteiger partial charge on any atom is 0.325 e. The van der Waals surface area contributed by atoms with Gasteiger partial charge >= 0.3 is 6.03 Å². The summed E-state index contributed by atoms with van der Waals surface area (Å²) in [4.78, 5) is 26.3. The van der Waals surface area contributed by atoms with Crippen LogP contribution in [0.25, 0.3) is 0 Å². The topological polar surface area (TPSA) is 49.4 Å². The lowest BCUT2D eigenvalue weighted by Gasteiger charge is -2.30. The summed E-state index contributed by atoms with van der Waals surface area (Å²) in [6, 6.07) is 7.95. The number of rotatable bonds is 3. The molecule has 1 saturated heterocycles. The quantitative estimate of drug-likeness (QED) is 0.868. The van der Waals surface area contributed by atoms with Gasteiger partial charge in [0.2, 0.25) is 0 Å². The van der Waals surface area contributed by atoms with Crippen LogP contribution in [-0.2, 0) is 11.3 Å². The van der Waals surface area contributed by atoms with Gasteiger partial charge in [-0.15, -0.1) is 0 Å². The summed E-state index contributed by atoms with van der Waals surface area (Å²) in [7, 11) is 0. The molecule has 22 heavy (non-hydrogen) atoms. The molecular weight excluding hydrogens is 276 g/mol. The van der Waals surface area contributed by atoms with Crippen LogP contribution < -0.4 is 5.32 Å². The van der Waals surface area contributed by atoms with E-state index in [0.717, 1.165) is 37.7 Å². The fourth-order valence-electron chi connectivity index (χ4n) is 3.50. The van der Waals surface area contributed by atoms with Crippen LogP contribution in [0.1, 0.15) is 63.0 Å². The average Bonchev–Trinajstić information content (AvgIpc) is 2.73. The van der Waals surface area contributed by atoms with Crippen molar-refractivity contribution in [3.8, 4) is 0 Å². The van der Waals surface area contributed by atoms with Crippen LogP contribution in [-0.4, -0.2) is 22.4 Å². The summed E-state index contributed by atoms with van der Waals surface area (Å²) in [6.45, 7) is 4.67. The number of imide groups is 1. The first-order chi connectivity index (χ1) is 10.5. The number of amides is 3. The molecule has 0 unspecified atom stereocenters. The number of hydrogen-bond donors (Lipinski definition) is 1. The molecule has 4 nitrogen and oxygen atoms in total. The van der Waals surface area contributed by atoms with E-state index in [1.165, 1.54) is 10.5 Å². The highest BCUT2D eigenvalue weighted by atomic mass is 16.2. The molecule has 0 atom stereocenters. The Labute approximate surface area is 131 Å². The largest absolute Gasteiger partial charge is 0.325 e. The van der Waals surface area contributed by atoms with Gasteiger partial charge < -0.3 is 5.32 Å². The Kier molecular flexibility index (Phi) is 3.94. The van der Waals surface area contributed by atoms with E-state index in [0.29, 0.717) is 12.5 Å². The number of carbonyl (C=O) groups excluding carboxylic acids is 2. The Balaban J connectivity index is 1.74. The average molecular weight is 300 g/mol. The van der Waals surface area contributed by atoms with Gasteiger partial charge in [0.1, 0.15) is 5.54 Å². The van der Waals surface area contributed by atoms with E-state index >= 15 is 0 Å². The van der Waals surface area contributed by atoms with E-state index < -0.39 is 5.54 Å². The highest BCUT2D eigenvalue weighted by molar-refractivity contribution is 6.07. The molecule has 0 aromatic heterocycles. The second-order valence-electron chi connectivity index (χ2n) is 6.86. The number of nitrogens with one attached hydrogen (secondary N) is 1. The van der Waals surface area contributed by atoms with Crippen LogP contribution in [0.5, 0.6) is 0 Å². The first-order valence-electron chi connectivity index (χ1n) is 8.25. The first kappa shape index (κ1) is 15.1. The van der Waals surface area contributed by atoms with Crippen molar-refractivity contribution in [2.24, 2.45) is 0 Å². The minimum absolute atomic E-state index is 0.0369. The molecular formula is C18H24N2O2. The van der Waals surface area contributed by atoms with Crippen molar-refractivity contribution in [2.45, 2.75) is 64.0 Å². The third-order valence-corrected chi connectivity index (χ3v) is 4.94. The highest BCUT2D eigenvalue weighted by Crippen LogP contribution is 2.34. The van der Waals surface area contributed by atoms with E-state index in [1.54, 1.807) is 0 Å². The molecule has 0 radical (unpaired) electrons. The third kappa shape index (κ3) is 2.62. The maximum absolute atomic E-state index is 12.7. The highest BCUT2D eigenvalue weighted by Gasteiger charge is 2.51. The molecule has 1 aromatic rings. The smallest absolute Gasteiger partial charge is 0.323 e. The van der Waals surface area contributed by atoms with Crippen molar-refractivity contribution in [3.05, 3.63) is 35.4 Å². The van der Waals surface area contributed by atoms with Crippen molar-refractivity contribution >= 4 is 11.9 Å². The monoisotopic (exact) mass is 300 g/mol. The molecule has 1 aromatic carbocycles. The Hall–Kier alpha value is -1.84. The van der Waals surface area contributed by atoms with Crippen LogP contribution in [0.4, 0.5) is 4.79 Å². The fraction of sp³-hybridized carbons (Fsp3) is 0.556. The summed E-state index contributed by atoms with van der Waals surface area (Å²) in [5, 5.41) is 2.96. The van der Waals surface area contributed by atoms with Gasteiger partial charge in [-0.2, -0.15) is 0 Å². The van der Waals surface area contributed by atoms with Gasteiger partial charge in [0.15, 0.2) is 0 Å². The second kappa shape index (κ2) is 5.75. The standard InChI is InChI=1S/C18H24N2O2/c1-13(2)15-8-6-14(7-9-15)12-20-16(21)18(19-17(20)22)10-4-3-5-11-18/h6-9,13H,3-5,10-12H2,1-2H3,(H,19,22). The first-order valence-corrected chi connectivity index (χ1v) is 8.25. The van der Waals surface area contributed by atoms with E-state index in [4.69, 9.17) is 0 Å². The zero-order valence-electron chi connectivity index (χ0n) is 13.4. The van der Waals surface area contributed by atoms with Crippen LogP contribution in [0, 0.1) is 0 Å². The molecule has 1 heterocycles. The van der Waals surface area contributed by atoms with Crippen LogP contribution >= 0.6 is 0 Å². The molecule has 3 amide bonds. The molecule has 2 fully saturated rings. The number of benzene rings is 1. The second-order valence-corrected chi connectivity index (χ2v) is 6.86. The molecule has 3 rings (SSSR count). The summed E-state index contributed by atoms with van der Waals surface area (Å²) in [5.74, 6) is 0.446. The Morgan fingerprint density at radius 1 is 1.09 bits per heavy atom. The van der Waals surface area contributed by atoms with Gasteiger partial charge in [0.05, 0.1) is 6.54 Å². The summed E-state index contributed by atoms with van der Waals surface area (Å²) < 4.78 is 0. The number of hydrogen-bond acceptors (Lipinski definition) is 2. The van der Waals surface area contributed by atoms with Crippen LogP contribution in [0.2, 0.25) is 0 Å². The molecule has 1 aliphatic heterocycles. The van der Waals surface area contributed by atoms with Crippen molar-refractivity contribution in [1.29, 1.82) is 0 Å². The maximum atomic E-state index is 12.7. The molecule has 4 heteroatoms. The Morgan fingerprint density at radius 2 is 1.73 bits per heavy atom. The number of carbonyl (C=O) groups is 2. The molecule has 2 aliphatic rings. The predicted octanol–water partition coefficient (Wildman–Crippen LogP) is 3.56. The number of nitrogens with zero attached hydrogens (tertiary/aromatic N) is 1. The summed E-state index contributed by atoms with van der Waals surface area (Å²) >= 11 is 0. The molecule has 1 N–H and O–H groups in total. The number of urea groups is 1. The van der Waals surface area contributed by atoms with Gasteiger partial charge in [-0.3, -0.25) is 9.69 Å². The molecule has 1 spiro atoms. The van der Waals surface area contributed by atoms with Crippen LogP contribution in [0.3, 0.4) is 0 Å². The van der Waals surface area contributed by atoms with E-state index in [1.807, 2.05) is 12.1 Å². The molecule has 118 valence electrons. The SMILES string of the molecule is CC(C)c1ccc(CN2C(=O)NC3(CCCCC3)C2=O)cc1. The summed E-state index contributed by atoms with van der Waals surface area (Å²) in [5.41, 5.74) is 1.65. The normalized spacial score (nSPS) is 20.8. The predicted molar refractivity (Wildman–Crippen MR) is 85.4 cm³/mol. The van der Waals surface area contributed by atoms with E-state index in [2.05, 4.69) is 31.3 Å². The third-order valence-electron chi connectivity index (χ3n) is 4.94. The van der Waals surface area contributed by atoms with E-state index in [9.17, 15) is 9.59 Å². The van der Waals surface area contributed by atoms with Crippen molar-refractivity contribution < 1.29 is 9.59 Å². The molecule has 1 saturated carbocycles. The zero-order valence-corrected chi connectivity index (χ0v) is 13.4. The molecule has 1 aliphatic carbocycles. The fourth-order valence-corrected chi connectivity index (χ4v) is 3.50. The van der Waals surface area contributed by atoms with Gasteiger partial charge in [0.25, 0.3) is 5.91 Å².